The van der Waals surface area contributed by atoms with Gasteiger partial charge in [0.15, 0.2) is 5.54 Å². The first kappa shape index (κ1) is 18.6. The summed E-state index contributed by atoms with van der Waals surface area (Å²) in [5, 5.41) is 15.9. The minimum Gasteiger partial charge on any atom is -0.479 e. The largest absolute Gasteiger partial charge is 0.479 e. The van der Waals surface area contributed by atoms with Crippen LogP contribution in [0.3, 0.4) is 0 Å². The molecule has 0 saturated heterocycles. The lowest BCUT2D eigenvalue weighted by Gasteiger charge is -2.26. The molecule has 1 aromatic heterocycles. The molecule has 0 aliphatic rings. The van der Waals surface area contributed by atoms with Gasteiger partial charge in [-0.2, -0.15) is 0 Å². The van der Waals surface area contributed by atoms with E-state index in [9.17, 15) is 19.1 Å². The minimum atomic E-state index is -1.73. The highest BCUT2D eigenvalue weighted by molar-refractivity contribution is 5.96. The van der Waals surface area contributed by atoms with Crippen molar-refractivity contribution in [1.82, 2.24) is 10.5 Å². The van der Waals surface area contributed by atoms with E-state index in [1.54, 1.807) is 0 Å². The van der Waals surface area contributed by atoms with Gasteiger partial charge < -0.3 is 14.9 Å². The average molecular weight is 348 g/mol. The number of carbonyl (C=O) groups is 2. The second kappa shape index (κ2) is 7.46. The lowest BCUT2D eigenvalue weighted by molar-refractivity contribution is -0.144. The van der Waals surface area contributed by atoms with Gasteiger partial charge in [0.25, 0.3) is 5.91 Å². The van der Waals surface area contributed by atoms with E-state index in [1.807, 2.05) is 13.8 Å². The number of aromatic nitrogens is 1. The molecule has 1 heterocycles. The molecule has 2 aromatic rings. The maximum Gasteiger partial charge on any atom is 0.333 e. The van der Waals surface area contributed by atoms with Crippen molar-refractivity contribution in [1.29, 1.82) is 0 Å². The van der Waals surface area contributed by atoms with Crippen LogP contribution < -0.4 is 5.32 Å². The van der Waals surface area contributed by atoms with E-state index in [2.05, 4.69) is 10.5 Å². The van der Waals surface area contributed by atoms with Crippen molar-refractivity contribution in [3.63, 3.8) is 0 Å². The molecule has 6 nitrogen and oxygen atoms in total. The van der Waals surface area contributed by atoms with Gasteiger partial charge >= 0.3 is 5.97 Å². The molecule has 2 rings (SSSR count). The Morgan fingerprint density at radius 2 is 1.88 bits per heavy atom. The topological polar surface area (TPSA) is 92.4 Å². The smallest absolute Gasteiger partial charge is 0.333 e. The van der Waals surface area contributed by atoms with Crippen LogP contribution in [0.1, 0.15) is 61.3 Å². The summed E-state index contributed by atoms with van der Waals surface area (Å²) in [6, 6.07) is 6.45. The monoisotopic (exact) mass is 348 g/mol. The molecule has 25 heavy (non-hydrogen) atoms. The van der Waals surface area contributed by atoms with Crippen LogP contribution in [0, 0.1) is 5.82 Å². The third kappa shape index (κ3) is 3.87. The Labute approximate surface area is 145 Å². The normalized spacial score (nSPS) is 13.5. The lowest BCUT2D eigenvalue weighted by atomic mass is 9.91. The second-order valence-corrected chi connectivity index (χ2v) is 6.02. The number of aliphatic carboxylic acids is 1. The molecule has 0 radical (unpaired) electrons. The van der Waals surface area contributed by atoms with Crippen LogP contribution in [0.15, 0.2) is 34.9 Å². The van der Waals surface area contributed by atoms with Crippen molar-refractivity contribution >= 4 is 11.9 Å². The van der Waals surface area contributed by atoms with Crippen LogP contribution in [0.5, 0.6) is 0 Å². The van der Waals surface area contributed by atoms with Gasteiger partial charge in [-0.15, -0.1) is 0 Å². The summed E-state index contributed by atoms with van der Waals surface area (Å²) >= 11 is 0. The number of benzene rings is 1. The maximum atomic E-state index is 13.1. The Bertz CT molecular complexity index is 753. The van der Waals surface area contributed by atoms with E-state index in [0.29, 0.717) is 5.69 Å². The molecule has 0 aliphatic carbocycles. The van der Waals surface area contributed by atoms with Gasteiger partial charge in [0.05, 0.1) is 5.69 Å². The molecule has 134 valence electrons. The first-order chi connectivity index (χ1) is 11.8. The first-order valence-corrected chi connectivity index (χ1v) is 8.10. The number of hydrogen-bond donors (Lipinski definition) is 2. The molecule has 0 bridgehead atoms. The zero-order chi connectivity index (χ0) is 18.6. The summed E-state index contributed by atoms with van der Waals surface area (Å²) in [5.41, 5.74) is -0.824. The molecule has 7 heteroatoms. The van der Waals surface area contributed by atoms with E-state index in [-0.39, 0.29) is 17.2 Å². The number of carbonyl (C=O) groups excluding carboxylic acids is 1. The molecule has 0 saturated carbocycles. The first-order valence-electron chi connectivity index (χ1n) is 8.10. The molecule has 1 amide bonds. The van der Waals surface area contributed by atoms with Crippen molar-refractivity contribution in [3.05, 3.63) is 53.2 Å². The lowest BCUT2D eigenvalue weighted by Crippen LogP contribution is -2.49. The van der Waals surface area contributed by atoms with Crippen molar-refractivity contribution in [2.24, 2.45) is 0 Å². The zero-order valence-electron chi connectivity index (χ0n) is 14.4. The number of rotatable bonds is 7. The van der Waals surface area contributed by atoms with Crippen molar-refractivity contribution < 1.29 is 23.6 Å². The van der Waals surface area contributed by atoms with Crippen LogP contribution >= 0.6 is 0 Å². The number of nitrogens with one attached hydrogen (secondary N) is 1. The van der Waals surface area contributed by atoms with E-state index < -0.39 is 23.2 Å². The van der Waals surface area contributed by atoms with Gasteiger partial charge in [-0.25, -0.2) is 9.18 Å². The fourth-order valence-electron chi connectivity index (χ4n) is 2.62. The summed E-state index contributed by atoms with van der Waals surface area (Å²) in [6.07, 6.45) is 1.71. The van der Waals surface area contributed by atoms with Gasteiger partial charge in [0.1, 0.15) is 5.82 Å². The van der Waals surface area contributed by atoms with Crippen molar-refractivity contribution in [2.45, 2.75) is 45.1 Å². The highest BCUT2D eigenvalue weighted by Gasteiger charge is 2.38. The molecular formula is C18H21FN2O4. The number of carboxylic acids is 1. The molecule has 0 fully saturated rings. The fourth-order valence-corrected chi connectivity index (χ4v) is 2.62. The van der Waals surface area contributed by atoms with E-state index in [1.165, 1.54) is 25.1 Å². The SMILES string of the molecule is CCC(CC)c1cc(C(=O)NC(C)(C(=O)O)c2ccc(F)cc2)on1. The van der Waals surface area contributed by atoms with Gasteiger partial charge in [-0.05, 0) is 37.5 Å². The summed E-state index contributed by atoms with van der Waals surface area (Å²) in [6.45, 7) is 5.36. The Morgan fingerprint density at radius 1 is 1.28 bits per heavy atom. The standard InChI is InChI=1S/C18H21FN2O4/c1-4-11(5-2)14-10-15(25-21-14)16(22)20-18(3,17(23)24)12-6-8-13(19)9-7-12/h6-11H,4-5H2,1-3H3,(H,20,22)(H,23,24). The molecule has 1 aromatic carbocycles. The highest BCUT2D eigenvalue weighted by atomic mass is 19.1. The zero-order valence-corrected chi connectivity index (χ0v) is 14.4. The van der Waals surface area contributed by atoms with Crippen LogP contribution in [0.2, 0.25) is 0 Å². The predicted octanol–water partition coefficient (Wildman–Crippen LogP) is 3.45. The molecule has 0 aliphatic heterocycles. The summed E-state index contributed by atoms with van der Waals surface area (Å²) in [4.78, 5) is 24.2. The van der Waals surface area contributed by atoms with Crippen molar-refractivity contribution in [2.75, 3.05) is 0 Å². The van der Waals surface area contributed by atoms with Crippen LogP contribution in [0.25, 0.3) is 0 Å². The van der Waals surface area contributed by atoms with E-state index >= 15 is 0 Å². The Kier molecular flexibility index (Phi) is 5.56. The highest BCUT2D eigenvalue weighted by Crippen LogP contribution is 2.25. The van der Waals surface area contributed by atoms with Gasteiger partial charge in [0.2, 0.25) is 5.76 Å². The Morgan fingerprint density at radius 3 is 2.40 bits per heavy atom. The van der Waals surface area contributed by atoms with E-state index in [4.69, 9.17) is 4.52 Å². The third-order valence-corrected chi connectivity index (χ3v) is 4.37. The Balaban J connectivity index is 2.26. The number of carboxylic acid groups (broad SMARTS) is 1. The molecular weight excluding hydrogens is 327 g/mol. The average Bonchev–Trinajstić information content (AvgIpc) is 3.06. The summed E-state index contributed by atoms with van der Waals surface area (Å²) < 4.78 is 18.2. The second-order valence-electron chi connectivity index (χ2n) is 6.02. The molecule has 2 N–H and O–H groups in total. The number of amides is 1. The predicted molar refractivity (Wildman–Crippen MR) is 88.7 cm³/mol. The van der Waals surface area contributed by atoms with Crippen molar-refractivity contribution in [3.8, 4) is 0 Å². The van der Waals surface area contributed by atoms with Gasteiger partial charge in [-0.3, -0.25) is 4.79 Å². The maximum absolute atomic E-state index is 13.1. The fraction of sp³-hybridized carbons (Fsp3) is 0.389. The van der Waals surface area contributed by atoms with Gasteiger partial charge in [-0.1, -0.05) is 31.1 Å². The Hall–Kier alpha value is -2.70. The van der Waals surface area contributed by atoms with Crippen LogP contribution in [0.4, 0.5) is 4.39 Å². The van der Waals surface area contributed by atoms with Crippen LogP contribution in [-0.2, 0) is 10.3 Å². The summed E-state index contributed by atoms with van der Waals surface area (Å²) in [5.74, 6) is -2.34. The molecule has 1 atom stereocenters. The molecule has 0 spiro atoms. The third-order valence-electron chi connectivity index (χ3n) is 4.37. The van der Waals surface area contributed by atoms with E-state index in [0.717, 1.165) is 25.0 Å². The number of halogens is 1. The summed E-state index contributed by atoms with van der Waals surface area (Å²) in [7, 11) is 0. The quantitative estimate of drug-likeness (QED) is 0.799. The van der Waals surface area contributed by atoms with Gasteiger partial charge in [0, 0.05) is 12.0 Å². The number of hydrogen-bond acceptors (Lipinski definition) is 4. The molecule has 1 unspecified atom stereocenters. The minimum absolute atomic E-state index is 0.0588. The number of nitrogens with zero attached hydrogens (tertiary/aromatic N) is 1. The van der Waals surface area contributed by atoms with Crippen LogP contribution in [-0.4, -0.2) is 22.1 Å².